The van der Waals surface area contributed by atoms with Gasteiger partial charge in [-0.3, -0.25) is 0 Å². The first kappa shape index (κ1) is 23.1. The maximum Gasteiger partial charge on any atom is 0.164 e. The zero-order chi connectivity index (χ0) is 23.9. The molecule has 2 unspecified atom stereocenters. The number of halogens is 1. The number of nitrogens with zero attached hydrogens (tertiary/aromatic N) is 5. The van der Waals surface area contributed by atoms with Crippen LogP contribution in [0.4, 0.5) is 5.82 Å². The Morgan fingerprint density at radius 2 is 2.06 bits per heavy atom. The van der Waals surface area contributed by atoms with Crippen molar-refractivity contribution in [1.82, 2.24) is 24.6 Å². The van der Waals surface area contributed by atoms with Gasteiger partial charge in [0.25, 0.3) is 0 Å². The molecular formula is C24H29ClN6O2. The van der Waals surface area contributed by atoms with Crippen LogP contribution in [0.3, 0.4) is 0 Å². The number of hydrogen-bond donors (Lipinski definition) is 2. The molecule has 0 amide bonds. The zero-order valence-electron chi connectivity index (χ0n) is 19.5. The second kappa shape index (κ2) is 9.03. The Bertz CT molecular complexity index is 1270. The molecule has 3 heterocycles. The molecule has 4 rings (SSSR count). The van der Waals surface area contributed by atoms with Crippen molar-refractivity contribution < 1.29 is 9.84 Å². The first-order chi connectivity index (χ1) is 15.8. The van der Waals surface area contributed by atoms with Gasteiger partial charge in [-0.15, -0.1) is 0 Å². The van der Waals surface area contributed by atoms with Gasteiger partial charge in [-0.05, 0) is 39.3 Å². The van der Waals surface area contributed by atoms with Crippen LogP contribution in [0.1, 0.15) is 42.3 Å². The molecule has 0 bridgehead atoms. The molecule has 33 heavy (non-hydrogen) atoms. The third-order valence-corrected chi connectivity index (χ3v) is 6.64. The van der Waals surface area contributed by atoms with E-state index in [2.05, 4.69) is 40.1 Å². The average Bonchev–Trinajstić information content (AvgIpc) is 3.14. The van der Waals surface area contributed by atoms with Crippen LogP contribution < -0.4 is 10.5 Å². The summed E-state index contributed by atoms with van der Waals surface area (Å²) < 4.78 is 7.81. The van der Waals surface area contributed by atoms with Crippen molar-refractivity contribution in [3.8, 4) is 5.75 Å². The lowest BCUT2D eigenvalue weighted by Crippen LogP contribution is -2.31. The number of nitrogen functional groups attached to an aromatic ring is 1. The van der Waals surface area contributed by atoms with E-state index in [-0.39, 0.29) is 18.7 Å². The first-order valence-corrected chi connectivity index (χ1v) is 11.3. The number of β-amino-alcohol motifs (C(OH)–C–C–N with tert-alkyl or cyclic N) is 1. The van der Waals surface area contributed by atoms with E-state index in [1.165, 1.54) is 6.33 Å². The normalized spacial score (nSPS) is 16.9. The number of rotatable bonds is 6. The Hall–Kier alpha value is -3.10. The van der Waals surface area contributed by atoms with Crippen LogP contribution >= 0.6 is 11.6 Å². The fraction of sp³-hybridized carbons (Fsp3) is 0.375. The molecule has 0 fully saturated rings. The molecule has 0 saturated heterocycles. The number of methoxy groups -OCH3 is 1. The number of anilines is 1. The highest BCUT2D eigenvalue weighted by atomic mass is 35.5. The van der Waals surface area contributed by atoms with Crippen molar-refractivity contribution in [3.63, 3.8) is 0 Å². The molecule has 9 heteroatoms. The van der Waals surface area contributed by atoms with E-state index in [1.807, 2.05) is 31.5 Å². The van der Waals surface area contributed by atoms with E-state index in [9.17, 15) is 5.11 Å². The molecular weight excluding hydrogens is 440 g/mol. The number of aryl methyl sites for hydroxylation is 1. The molecule has 0 saturated carbocycles. The van der Waals surface area contributed by atoms with Crippen LogP contribution in [0.15, 0.2) is 30.7 Å². The summed E-state index contributed by atoms with van der Waals surface area (Å²) in [5.41, 5.74) is 11.2. The van der Waals surface area contributed by atoms with Gasteiger partial charge in [0.15, 0.2) is 5.65 Å². The fourth-order valence-corrected chi connectivity index (χ4v) is 4.63. The fourth-order valence-electron chi connectivity index (χ4n) is 4.42. The summed E-state index contributed by atoms with van der Waals surface area (Å²) >= 11 is 6.74. The quantitative estimate of drug-likeness (QED) is 0.565. The Morgan fingerprint density at radius 3 is 2.76 bits per heavy atom. The molecule has 1 aliphatic rings. The van der Waals surface area contributed by atoms with Crippen LogP contribution in [0.5, 0.6) is 5.75 Å². The lowest BCUT2D eigenvalue weighted by atomic mass is 9.92. The SMILES string of the molecule is COc1c(C(C)n2nc(C)c3c(N)ncnc32)cc(Cl)c(C)c1C1=CN(CCO)C(C)C=C1. The van der Waals surface area contributed by atoms with Gasteiger partial charge < -0.3 is 20.5 Å². The van der Waals surface area contributed by atoms with Crippen molar-refractivity contribution in [2.75, 3.05) is 26.0 Å². The maximum absolute atomic E-state index is 9.47. The summed E-state index contributed by atoms with van der Waals surface area (Å²) in [5.74, 6) is 1.13. The minimum atomic E-state index is -0.233. The molecule has 0 aliphatic carbocycles. The Kier molecular flexibility index (Phi) is 6.32. The second-order valence-corrected chi connectivity index (χ2v) is 8.70. The van der Waals surface area contributed by atoms with Gasteiger partial charge in [-0.25, -0.2) is 14.6 Å². The summed E-state index contributed by atoms with van der Waals surface area (Å²) in [6.45, 7) is 8.62. The molecule has 174 valence electrons. The average molecular weight is 469 g/mol. The number of fused-ring (bicyclic) bond motifs is 1. The zero-order valence-corrected chi connectivity index (χ0v) is 20.3. The van der Waals surface area contributed by atoms with E-state index in [0.29, 0.717) is 23.0 Å². The molecule has 2 atom stereocenters. The summed E-state index contributed by atoms with van der Waals surface area (Å²) in [7, 11) is 1.66. The minimum Gasteiger partial charge on any atom is -0.496 e. The van der Waals surface area contributed by atoms with E-state index >= 15 is 0 Å². The maximum atomic E-state index is 9.47. The van der Waals surface area contributed by atoms with Crippen molar-refractivity contribution in [2.45, 2.75) is 39.8 Å². The molecule has 1 aliphatic heterocycles. The number of benzene rings is 1. The van der Waals surface area contributed by atoms with Gasteiger partial charge in [0.05, 0.1) is 30.8 Å². The summed E-state index contributed by atoms with van der Waals surface area (Å²) in [6, 6.07) is 1.88. The third-order valence-electron chi connectivity index (χ3n) is 6.25. The standard InChI is InChI=1S/C24H29ClN6O2/c1-13-6-7-17(11-30(13)8-9-32)20-14(2)19(25)10-18(22(20)33-5)16(4)31-24-21(15(3)29-31)23(26)27-12-28-24/h6-7,10-13,16,32H,8-9H2,1-5H3,(H2,26,27,28). The van der Waals surface area contributed by atoms with Crippen molar-refractivity contribution in [2.24, 2.45) is 0 Å². The van der Waals surface area contributed by atoms with Gasteiger partial charge in [0, 0.05) is 40.5 Å². The van der Waals surface area contributed by atoms with Gasteiger partial charge in [0.1, 0.15) is 17.9 Å². The number of aliphatic hydroxyl groups excluding tert-OH is 1. The van der Waals surface area contributed by atoms with Crippen LogP contribution in [-0.2, 0) is 0 Å². The number of nitrogens with two attached hydrogens (primary N) is 1. The monoisotopic (exact) mass is 468 g/mol. The second-order valence-electron chi connectivity index (χ2n) is 8.29. The number of aromatic nitrogens is 4. The van der Waals surface area contributed by atoms with E-state index in [4.69, 9.17) is 27.2 Å². The number of allylic oxidation sites excluding steroid dienone is 2. The molecule has 0 spiro atoms. The molecule has 1 aromatic carbocycles. The predicted octanol–water partition coefficient (Wildman–Crippen LogP) is 3.89. The Labute approximate surface area is 198 Å². The predicted molar refractivity (Wildman–Crippen MR) is 131 cm³/mol. The van der Waals surface area contributed by atoms with E-state index in [0.717, 1.165) is 39.1 Å². The smallest absolute Gasteiger partial charge is 0.164 e. The van der Waals surface area contributed by atoms with E-state index in [1.54, 1.807) is 7.11 Å². The lowest BCUT2D eigenvalue weighted by molar-refractivity contribution is 0.222. The van der Waals surface area contributed by atoms with E-state index < -0.39 is 0 Å². The largest absolute Gasteiger partial charge is 0.496 e. The highest BCUT2D eigenvalue weighted by Crippen LogP contribution is 2.42. The molecule has 8 nitrogen and oxygen atoms in total. The van der Waals surface area contributed by atoms with Crippen LogP contribution in [0.25, 0.3) is 16.6 Å². The first-order valence-electron chi connectivity index (χ1n) is 10.9. The highest BCUT2D eigenvalue weighted by Gasteiger charge is 2.26. The van der Waals surface area contributed by atoms with Crippen molar-refractivity contribution in [1.29, 1.82) is 0 Å². The lowest BCUT2D eigenvalue weighted by Gasteiger charge is -2.30. The molecule has 0 radical (unpaired) electrons. The number of aliphatic hydroxyl groups is 1. The third kappa shape index (κ3) is 3.94. The van der Waals surface area contributed by atoms with Gasteiger partial charge in [-0.1, -0.05) is 23.8 Å². The van der Waals surface area contributed by atoms with Gasteiger partial charge >= 0.3 is 0 Å². The Morgan fingerprint density at radius 1 is 1.30 bits per heavy atom. The van der Waals surface area contributed by atoms with Crippen molar-refractivity contribution in [3.05, 3.63) is 58.2 Å². The van der Waals surface area contributed by atoms with Crippen LogP contribution in [-0.4, -0.2) is 56.1 Å². The highest BCUT2D eigenvalue weighted by molar-refractivity contribution is 6.31. The minimum absolute atomic E-state index is 0.0760. The van der Waals surface area contributed by atoms with Gasteiger partial charge in [-0.2, -0.15) is 5.10 Å². The van der Waals surface area contributed by atoms with Crippen LogP contribution in [0.2, 0.25) is 5.02 Å². The molecule has 3 N–H and O–H groups in total. The molecule has 3 aromatic rings. The molecule has 2 aromatic heterocycles. The van der Waals surface area contributed by atoms with Crippen molar-refractivity contribution >= 4 is 34.0 Å². The number of ether oxygens (including phenoxy) is 1. The summed E-state index contributed by atoms with van der Waals surface area (Å²) in [5, 5.41) is 15.6. The van der Waals surface area contributed by atoms with Gasteiger partial charge in [0.2, 0.25) is 0 Å². The Balaban J connectivity index is 1.90. The summed E-state index contributed by atoms with van der Waals surface area (Å²) in [6.07, 6.45) is 7.69. The van der Waals surface area contributed by atoms with Crippen LogP contribution in [0, 0.1) is 13.8 Å². The topological polar surface area (TPSA) is 102 Å². The number of hydrogen-bond acceptors (Lipinski definition) is 7. The summed E-state index contributed by atoms with van der Waals surface area (Å²) in [4.78, 5) is 10.6.